The summed E-state index contributed by atoms with van der Waals surface area (Å²) in [5.74, 6) is 3.58. The number of rotatable bonds is 6. The van der Waals surface area contributed by atoms with Crippen molar-refractivity contribution >= 4 is 27.5 Å². The number of terminal acetylenes is 1. The van der Waals surface area contributed by atoms with Crippen molar-refractivity contribution in [3.63, 3.8) is 0 Å². The van der Waals surface area contributed by atoms with E-state index in [0.29, 0.717) is 17.1 Å². The van der Waals surface area contributed by atoms with Crippen LogP contribution in [0.1, 0.15) is 5.56 Å². The lowest BCUT2D eigenvalue weighted by Gasteiger charge is -2.08. The average Bonchev–Trinajstić information content (AvgIpc) is 2.37. The van der Waals surface area contributed by atoms with Crippen LogP contribution < -0.4 is 10.5 Å². The second kappa shape index (κ2) is 7.05. The summed E-state index contributed by atoms with van der Waals surface area (Å²) in [6.07, 6.45) is 5.08. The summed E-state index contributed by atoms with van der Waals surface area (Å²) in [6.45, 7) is 0.272. The maximum atomic E-state index is 12.0. The Morgan fingerprint density at radius 2 is 2.21 bits per heavy atom. The smallest absolute Gasteiger partial charge is 0.242 e. The standard InChI is InChI=1S/C12H13N3O2S2/c1-2-6-18-7-5-15-19(16,17)12-4-3-10(9-13)8-11(12)14/h1,3-4,8,15H,5-7,14H2. The fourth-order valence-corrected chi connectivity index (χ4v) is 3.10. The fraction of sp³-hybridized carbons (Fsp3) is 0.250. The molecule has 0 amide bonds. The van der Waals surface area contributed by atoms with Gasteiger partial charge >= 0.3 is 0 Å². The monoisotopic (exact) mass is 295 g/mol. The molecule has 0 spiro atoms. The topological polar surface area (TPSA) is 96.0 Å². The zero-order valence-corrected chi connectivity index (χ0v) is 11.7. The van der Waals surface area contributed by atoms with Crippen LogP contribution in [0.4, 0.5) is 5.69 Å². The number of nitriles is 1. The van der Waals surface area contributed by atoms with Crippen molar-refractivity contribution in [1.82, 2.24) is 4.72 Å². The van der Waals surface area contributed by atoms with E-state index in [1.54, 1.807) is 0 Å². The summed E-state index contributed by atoms with van der Waals surface area (Å²) < 4.78 is 26.4. The minimum absolute atomic E-state index is 0.0200. The molecular formula is C12H13N3O2S2. The lowest BCUT2D eigenvalue weighted by molar-refractivity contribution is 0.584. The molecule has 100 valence electrons. The number of nitrogen functional groups attached to an aromatic ring is 1. The maximum Gasteiger partial charge on any atom is 0.242 e. The van der Waals surface area contributed by atoms with Crippen molar-refractivity contribution in [2.24, 2.45) is 0 Å². The molecule has 0 aromatic heterocycles. The number of nitrogens with zero attached hydrogens (tertiary/aromatic N) is 1. The van der Waals surface area contributed by atoms with Gasteiger partial charge in [-0.1, -0.05) is 5.92 Å². The minimum Gasteiger partial charge on any atom is -0.398 e. The number of sulfonamides is 1. The van der Waals surface area contributed by atoms with Crippen molar-refractivity contribution in [2.45, 2.75) is 4.90 Å². The first-order valence-electron chi connectivity index (χ1n) is 5.32. The Hall–Kier alpha value is -1.67. The molecule has 0 aliphatic carbocycles. The van der Waals surface area contributed by atoms with Crippen LogP contribution in [0.2, 0.25) is 0 Å². The molecule has 0 aliphatic heterocycles. The number of hydrogen-bond acceptors (Lipinski definition) is 5. The second-order valence-electron chi connectivity index (χ2n) is 3.52. The van der Waals surface area contributed by atoms with Crippen LogP contribution in [0, 0.1) is 23.7 Å². The largest absolute Gasteiger partial charge is 0.398 e. The zero-order chi connectivity index (χ0) is 14.3. The highest BCUT2D eigenvalue weighted by molar-refractivity contribution is 7.99. The third-order valence-corrected chi connectivity index (χ3v) is 4.55. The maximum absolute atomic E-state index is 12.0. The highest BCUT2D eigenvalue weighted by atomic mass is 32.2. The Bertz CT molecular complexity index is 627. The summed E-state index contributed by atoms with van der Waals surface area (Å²) in [5.41, 5.74) is 6.01. The van der Waals surface area contributed by atoms with E-state index >= 15 is 0 Å². The van der Waals surface area contributed by atoms with Crippen molar-refractivity contribution in [3.05, 3.63) is 23.8 Å². The first-order chi connectivity index (χ1) is 9.01. The van der Waals surface area contributed by atoms with E-state index in [0.717, 1.165) is 0 Å². The SMILES string of the molecule is C#CCSCCNS(=O)(=O)c1ccc(C#N)cc1N. The predicted molar refractivity (Wildman–Crippen MR) is 76.9 cm³/mol. The van der Waals surface area contributed by atoms with Crippen LogP contribution in [-0.4, -0.2) is 26.5 Å². The summed E-state index contributed by atoms with van der Waals surface area (Å²) in [4.78, 5) is -0.0200. The van der Waals surface area contributed by atoms with Gasteiger partial charge in [0.05, 0.1) is 23.1 Å². The highest BCUT2D eigenvalue weighted by Gasteiger charge is 2.16. The molecule has 19 heavy (non-hydrogen) atoms. The van der Waals surface area contributed by atoms with Crippen molar-refractivity contribution in [1.29, 1.82) is 5.26 Å². The first kappa shape index (κ1) is 15.4. The van der Waals surface area contributed by atoms with Crippen LogP contribution in [0.3, 0.4) is 0 Å². The Morgan fingerprint density at radius 1 is 1.47 bits per heavy atom. The molecule has 0 heterocycles. The number of nitrogens with one attached hydrogen (secondary N) is 1. The average molecular weight is 295 g/mol. The zero-order valence-electron chi connectivity index (χ0n) is 10.1. The number of benzene rings is 1. The molecule has 1 aromatic rings. The Labute approximate surface area is 117 Å². The van der Waals surface area contributed by atoms with Gasteiger partial charge in [0.15, 0.2) is 0 Å². The van der Waals surface area contributed by atoms with E-state index < -0.39 is 10.0 Å². The minimum atomic E-state index is -3.65. The molecule has 1 rings (SSSR count). The molecule has 0 radical (unpaired) electrons. The quantitative estimate of drug-likeness (QED) is 0.459. The number of anilines is 1. The van der Waals surface area contributed by atoms with Gasteiger partial charge in [-0.25, -0.2) is 13.1 Å². The molecule has 3 N–H and O–H groups in total. The van der Waals surface area contributed by atoms with Crippen molar-refractivity contribution in [3.8, 4) is 18.4 Å². The molecule has 0 fully saturated rings. The van der Waals surface area contributed by atoms with Gasteiger partial charge in [-0.15, -0.1) is 18.2 Å². The summed E-state index contributed by atoms with van der Waals surface area (Å²) >= 11 is 1.46. The molecular weight excluding hydrogens is 282 g/mol. The van der Waals surface area contributed by atoms with E-state index in [2.05, 4.69) is 10.6 Å². The summed E-state index contributed by atoms with van der Waals surface area (Å²) in [5, 5.41) is 8.69. The third kappa shape index (κ3) is 4.49. The molecule has 0 saturated heterocycles. The van der Waals surface area contributed by atoms with Crippen LogP contribution in [-0.2, 0) is 10.0 Å². The predicted octanol–water partition coefficient (Wildman–Crippen LogP) is 0.785. The number of thioether (sulfide) groups is 1. The van der Waals surface area contributed by atoms with E-state index in [-0.39, 0.29) is 17.1 Å². The van der Waals surface area contributed by atoms with Gasteiger partial charge in [0.2, 0.25) is 10.0 Å². The van der Waals surface area contributed by atoms with Gasteiger partial charge in [0.1, 0.15) is 4.90 Å². The lowest BCUT2D eigenvalue weighted by Crippen LogP contribution is -2.26. The van der Waals surface area contributed by atoms with E-state index in [4.69, 9.17) is 17.4 Å². The van der Waals surface area contributed by atoms with Crippen LogP contribution in [0.5, 0.6) is 0 Å². The van der Waals surface area contributed by atoms with Crippen molar-refractivity contribution in [2.75, 3.05) is 23.8 Å². The molecule has 5 nitrogen and oxygen atoms in total. The normalized spacial score (nSPS) is 10.6. The fourth-order valence-electron chi connectivity index (χ4n) is 1.32. The third-order valence-electron chi connectivity index (χ3n) is 2.15. The van der Waals surface area contributed by atoms with Crippen LogP contribution in [0.15, 0.2) is 23.1 Å². The van der Waals surface area contributed by atoms with Gasteiger partial charge in [0, 0.05) is 12.3 Å². The van der Waals surface area contributed by atoms with Crippen LogP contribution >= 0.6 is 11.8 Å². The summed E-state index contributed by atoms with van der Waals surface area (Å²) in [7, 11) is -3.65. The lowest BCUT2D eigenvalue weighted by atomic mass is 10.2. The highest BCUT2D eigenvalue weighted by Crippen LogP contribution is 2.19. The molecule has 0 saturated carbocycles. The van der Waals surface area contributed by atoms with Crippen LogP contribution in [0.25, 0.3) is 0 Å². The van der Waals surface area contributed by atoms with Crippen molar-refractivity contribution < 1.29 is 8.42 Å². The van der Waals surface area contributed by atoms with Gasteiger partial charge in [-0.3, -0.25) is 0 Å². The van der Waals surface area contributed by atoms with Gasteiger partial charge < -0.3 is 5.73 Å². The number of hydrogen-bond donors (Lipinski definition) is 2. The molecule has 7 heteroatoms. The Balaban J connectivity index is 2.73. The van der Waals surface area contributed by atoms with E-state index in [1.165, 1.54) is 30.0 Å². The molecule has 0 atom stereocenters. The van der Waals surface area contributed by atoms with E-state index in [9.17, 15) is 8.42 Å². The Kier molecular flexibility index (Phi) is 5.71. The molecule has 1 aromatic carbocycles. The van der Waals surface area contributed by atoms with E-state index in [1.807, 2.05) is 6.07 Å². The summed E-state index contributed by atoms with van der Waals surface area (Å²) in [6, 6.07) is 5.97. The first-order valence-corrected chi connectivity index (χ1v) is 7.95. The van der Waals surface area contributed by atoms with Gasteiger partial charge in [0.25, 0.3) is 0 Å². The van der Waals surface area contributed by atoms with Gasteiger partial charge in [-0.05, 0) is 18.2 Å². The molecule has 0 unspecified atom stereocenters. The number of nitrogens with two attached hydrogens (primary N) is 1. The second-order valence-corrected chi connectivity index (χ2v) is 6.36. The Morgan fingerprint density at radius 3 is 2.79 bits per heavy atom. The van der Waals surface area contributed by atoms with Gasteiger partial charge in [-0.2, -0.15) is 5.26 Å². The molecule has 0 aliphatic rings. The molecule has 0 bridgehead atoms.